The lowest BCUT2D eigenvalue weighted by Crippen LogP contribution is -2.26. The molecule has 1 heterocycles. The maximum Gasteiger partial charge on any atom is 0.340 e. The molecule has 0 saturated carbocycles. The summed E-state index contributed by atoms with van der Waals surface area (Å²) in [6.07, 6.45) is 1.33. The van der Waals surface area contributed by atoms with Crippen molar-refractivity contribution in [3.05, 3.63) is 33.1 Å². The Kier molecular flexibility index (Phi) is 1.93. The van der Waals surface area contributed by atoms with Crippen LogP contribution in [0.15, 0.2) is 21.9 Å². The highest BCUT2D eigenvalue weighted by Gasteiger charge is 1.88. The van der Waals surface area contributed by atoms with E-state index in [1.165, 1.54) is 12.3 Å². The van der Waals surface area contributed by atoms with E-state index >= 15 is 0 Å². The van der Waals surface area contributed by atoms with Crippen LogP contribution in [0.2, 0.25) is 0 Å². The van der Waals surface area contributed by atoms with Gasteiger partial charge in [-0.25, -0.2) is 9.36 Å². The van der Waals surface area contributed by atoms with Gasteiger partial charge in [0, 0.05) is 18.3 Å². The molecule has 0 aliphatic rings. The van der Waals surface area contributed by atoms with Gasteiger partial charge in [-0.2, -0.15) is 0 Å². The molecule has 1 aromatic heterocycles. The highest BCUT2D eigenvalue weighted by atomic mass is 16.2. The van der Waals surface area contributed by atoms with Crippen LogP contribution in [0.5, 0.6) is 0 Å². The first-order valence-electron chi connectivity index (χ1n) is 2.99. The van der Waals surface area contributed by atoms with Gasteiger partial charge in [0.1, 0.15) is 0 Å². The molecule has 0 bridgehead atoms. The number of H-pyrrole nitrogens is 1. The van der Waals surface area contributed by atoms with Crippen molar-refractivity contribution in [2.24, 2.45) is 0 Å². The lowest BCUT2D eigenvalue weighted by molar-refractivity contribution is 0.924. The molecule has 4 nitrogen and oxygen atoms in total. The van der Waals surface area contributed by atoms with Crippen LogP contribution in [-0.4, -0.2) is 9.55 Å². The summed E-state index contributed by atoms with van der Waals surface area (Å²) in [5.41, 5.74) is -0.920. The monoisotopic (exact) mass is 150 g/mol. The second-order valence-electron chi connectivity index (χ2n) is 1.84. The molecule has 0 amide bonds. The minimum absolute atomic E-state index is 0.413. The lowest BCUT2D eigenvalue weighted by atomic mass is 10.6. The van der Waals surface area contributed by atoms with Gasteiger partial charge < -0.3 is 0 Å². The number of nitrogens with one attached hydrogen (secondary N) is 1. The molecule has 0 aliphatic heterocycles. The number of hydrogen-bond acceptors (Lipinski definition) is 2. The van der Waals surface area contributed by atoms with Gasteiger partial charge >= 0.3 is 5.69 Å². The summed E-state index contributed by atoms with van der Waals surface area (Å²) in [5, 5.41) is 0. The van der Waals surface area contributed by atoms with E-state index < -0.39 is 11.2 Å². The van der Waals surface area contributed by atoms with Crippen LogP contribution in [0.25, 0.3) is 0 Å². The predicted octanol–water partition coefficient (Wildman–Crippen LogP) is -0.635. The average Bonchev–Trinajstić information content (AvgIpc) is 1.95. The molecular formula is C7H6N2O2. The van der Waals surface area contributed by atoms with Crippen LogP contribution in [0.3, 0.4) is 0 Å². The maximum atomic E-state index is 10.8. The number of aromatic nitrogens is 2. The van der Waals surface area contributed by atoms with Crippen molar-refractivity contribution in [2.75, 3.05) is 0 Å². The van der Waals surface area contributed by atoms with E-state index in [9.17, 15) is 9.59 Å². The zero-order valence-electron chi connectivity index (χ0n) is 5.92. The van der Waals surface area contributed by atoms with Gasteiger partial charge in [0.05, 0.1) is 0 Å². The van der Waals surface area contributed by atoms with Gasteiger partial charge in [-0.15, -0.1) is 0 Å². The molecule has 4 heteroatoms. The summed E-state index contributed by atoms with van der Waals surface area (Å²) >= 11 is 0. The van der Waals surface area contributed by atoms with E-state index in [2.05, 4.69) is 16.9 Å². The van der Waals surface area contributed by atoms with E-state index in [-0.39, 0.29) is 0 Å². The highest BCUT2D eigenvalue weighted by molar-refractivity contribution is 5.00. The summed E-state index contributed by atoms with van der Waals surface area (Å²) in [5.74, 6) is 2.54. The largest absolute Gasteiger partial charge is 0.340 e. The lowest BCUT2D eigenvalue weighted by Gasteiger charge is -1.89. The van der Waals surface area contributed by atoms with Gasteiger partial charge in [0.25, 0.3) is 5.56 Å². The fourth-order valence-corrected chi connectivity index (χ4v) is 0.626. The summed E-state index contributed by atoms with van der Waals surface area (Å²) in [6, 6.07) is 3.73. The van der Waals surface area contributed by atoms with Gasteiger partial charge in [-0.05, 0) is 6.92 Å². The Morgan fingerprint density at radius 2 is 2.27 bits per heavy atom. The fraction of sp³-hybridized carbons (Fsp3) is 0.143. The molecule has 0 aromatic carbocycles. The second-order valence-corrected chi connectivity index (χ2v) is 1.84. The number of rotatable bonds is 0. The van der Waals surface area contributed by atoms with Crippen molar-refractivity contribution in [2.45, 2.75) is 6.92 Å². The highest BCUT2D eigenvalue weighted by Crippen LogP contribution is 1.66. The molecule has 1 rings (SSSR count). The topological polar surface area (TPSA) is 54.9 Å². The molecule has 1 aromatic rings. The molecule has 0 saturated heterocycles. The van der Waals surface area contributed by atoms with E-state index in [1.54, 1.807) is 6.92 Å². The molecule has 0 atom stereocenters. The van der Waals surface area contributed by atoms with Gasteiger partial charge in [-0.3, -0.25) is 9.78 Å². The molecule has 0 spiro atoms. The quantitative estimate of drug-likeness (QED) is 0.500. The van der Waals surface area contributed by atoms with Crippen molar-refractivity contribution >= 4 is 0 Å². The Hall–Kier alpha value is -1.76. The SMILES string of the molecule is CC#Cn1ccc(=O)[nH]c1=O. The van der Waals surface area contributed by atoms with Crippen molar-refractivity contribution in [3.63, 3.8) is 0 Å². The van der Waals surface area contributed by atoms with E-state index in [0.29, 0.717) is 0 Å². The third-order valence-electron chi connectivity index (χ3n) is 1.06. The van der Waals surface area contributed by atoms with E-state index in [1.807, 2.05) is 0 Å². The average molecular weight is 150 g/mol. The second kappa shape index (κ2) is 2.88. The maximum absolute atomic E-state index is 10.8. The number of aromatic amines is 1. The summed E-state index contributed by atoms with van der Waals surface area (Å²) in [6.45, 7) is 1.61. The van der Waals surface area contributed by atoms with Crippen molar-refractivity contribution in [1.29, 1.82) is 0 Å². The van der Waals surface area contributed by atoms with Crippen molar-refractivity contribution < 1.29 is 0 Å². The van der Waals surface area contributed by atoms with Crippen molar-refractivity contribution in [3.8, 4) is 12.0 Å². The Morgan fingerprint density at radius 3 is 2.82 bits per heavy atom. The molecule has 1 N–H and O–H groups in total. The minimum Gasteiger partial charge on any atom is -0.273 e. The zero-order chi connectivity index (χ0) is 8.27. The molecule has 11 heavy (non-hydrogen) atoms. The third-order valence-corrected chi connectivity index (χ3v) is 1.06. The Morgan fingerprint density at radius 1 is 1.55 bits per heavy atom. The van der Waals surface area contributed by atoms with Crippen LogP contribution in [0.1, 0.15) is 6.92 Å². The number of hydrogen-bond donors (Lipinski definition) is 1. The Labute approximate surface area is 62.5 Å². The molecule has 0 fully saturated rings. The fourth-order valence-electron chi connectivity index (χ4n) is 0.626. The van der Waals surface area contributed by atoms with Crippen molar-refractivity contribution in [1.82, 2.24) is 9.55 Å². The third kappa shape index (κ3) is 1.58. The zero-order valence-corrected chi connectivity index (χ0v) is 5.92. The molecule has 56 valence electrons. The molecule has 0 radical (unpaired) electrons. The number of nitrogens with zero attached hydrogens (tertiary/aromatic N) is 1. The van der Waals surface area contributed by atoms with E-state index in [4.69, 9.17) is 0 Å². The van der Waals surface area contributed by atoms with E-state index in [0.717, 1.165) is 4.57 Å². The smallest absolute Gasteiger partial charge is 0.273 e. The Balaban J connectivity index is 3.39. The van der Waals surface area contributed by atoms with Gasteiger partial charge in [0.15, 0.2) is 0 Å². The Bertz CT molecular complexity index is 416. The first-order chi connectivity index (χ1) is 5.24. The normalized spacial score (nSPS) is 8.45. The standard InChI is InChI=1S/C7H6N2O2/c1-2-4-9-5-3-6(10)8-7(9)11/h3,5H,1H3,(H,8,10,11). The summed E-state index contributed by atoms with van der Waals surface area (Å²) < 4.78 is 1.11. The van der Waals surface area contributed by atoms with Gasteiger partial charge in [-0.1, -0.05) is 5.92 Å². The molecule has 0 aliphatic carbocycles. The summed E-state index contributed by atoms with van der Waals surface area (Å²) in [7, 11) is 0. The van der Waals surface area contributed by atoms with Crippen LogP contribution in [0.4, 0.5) is 0 Å². The van der Waals surface area contributed by atoms with Crippen LogP contribution >= 0.6 is 0 Å². The van der Waals surface area contributed by atoms with Crippen LogP contribution in [-0.2, 0) is 0 Å². The summed E-state index contributed by atoms with van der Waals surface area (Å²) in [4.78, 5) is 23.4. The predicted molar refractivity (Wildman–Crippen MR) is 40.2 cm³/mol. The molecular weight excluding hydrogens is 144 g/mol. The molecule has 0 unspecified atom stereocenters. The first kappa shape index (κ1) is 7.35. The van der Waals surface area contributed by atoms with Gasteiger partial charge in [0.2, 0.25) is 0 Å². The first-order valence-corrected chi connectivity index (χ1v) is 2.99. The minimum atomic E-state index is -0.508. The van der Waals surface area contributed by atoms with Crippen LogP contribution < -0.4 is 11.2 Å². The van der Waals surface area contributed by atoms with Crippen LogP contribution in [0, 0.1) is 12.0 Å².